The van der Waals surface area contributed by atoms with Crippen LogP contribution in [0.3, 0.4) is 0 Å². The number of carbonyl (C=O) groups is 1. The molecule has 1 aromatic heterocycles. The molecule has 25 heavy (non-hydrogen) atoms. The molecule has 0 fully saturated rings. The number of rotatable bonds is 6. The third kappa shape index (κ3) is 5.51. The molecule has 0 saturated heterocycles. The fourth-order valence-electron chi connectivity index (χ4n) is 2.23. The summed E-state index contributed by atoms with van der Waals surface area (Å²) in [6, 6.07) is 6.43. The second-order valence-electron chi connectivity index (χ2n) is 5.54. The predicted molar refractivity (Wildman–Crippen MR) is 99.5 cm³/mol. The van der Waals surface area contributed by atoms with E-state index in [4.69, 9.17) is 0 Å². The van der Waals surface area contributed by atoms with Gasteiger partial charge < -0.3 is 4.90 Å². The highest BCUT2D eigenvalue weighted by Crippen LogP contribution is 2.16. The van der Waals surface area contributed by atoms with E-state index in [2.05, 4.69) is 30.7 Å². The first kappa shape index (κ1) is 21.1. The molecule has 0 aliphatic carbocycles. The summed E-state index contributed by atoms with van der Waals surface area (Å²) in [5.74, 6) is -0.480. The van der Waals surface area contributed by atoms with E-state index in [1.54, 1.807) is 12.1 Å². The number of benzene rings is 1. The van der Waals surface area contributed by atoms with Crippen LogP contribution in [-0.4, -0.2) is 47.7 Å². The summed E-state index contributed by atoms with van der Waals surface area (Å²) in [5.41, 5.74) is 0.964. The van der Waals surface area contributed by atoms with Crippen molar-refractivity contribution < 1.29 is 13.2 Å². The minimum Gasteiger partial charge on any atom is -0.304 e. The molecule has 0 radical (unpaired) electrons. The molecule has 0 spiro atoms. The Morgan fingerprint density at radius 3 is 2.00 bits per heavy atom. The Kier molecular flexibility index (Phi) is 7.99. The van der Waals surface area contributed by atoms with Crippen molar-refractivity contribution in [2.24, 2.45) is 0 Å². The summed E-state index contributed by atoms with van der Waals surface area (Å²) in [5, 5.41) is 0. The molecule has 1 heterocycles. The Labute approximate surface area is 150 Å². The third-order valence-electron chi connectivity index (χ3n) is 3.84. The van der Waals surface area contributed by atoms with Crippen molar-refractivity contribution in [1.82, 2.24) is 13.9 Å². The zero-order valence-corrected chi connectivity index (χ0v) is 16.4. The first-order valence-corrected chi connectivity index (χ1v) is 9.80. The van der Waals surface area contributed by atoms with Gasteiger partial charge in [0.1, 0.15) is 0 Å². The van der Waals surface area contributed by atoms with Gasteiger partial charge in [0.2, 0.25) is 0 Å². The molecule has 2 rings (SSSR count). The smallest absolute Gasteiger partial charge is 0.269 e. The Hall–Kier alpha value is -1.99. The molecule has 0 atom stereocenters. The molecule has 2 aromatic rings. The van der Waals surface area contributed by atoms with E-state index in [0.717, 1.165) is 9.54 Å². The van der Waals surface area contributed by atoms with Crippen LogP contribution in [0, 0.1) is 6.92 Å². The summed E-state index contributed by atoms with van der Waals surface area (Å²) in [6.07, 6.45) is 2.56. The lowest BCUT2D eigenvalue weighted by Gasteiger charge is -2.13. The highest BCUT2D eigenvalue weighted by molar-refractivity contribution is 7.90. The monoisotopic (exact) mass is 365 g/mol. The number of ketones is 1. The maximum Gasteiger partial charge on any atom is 0.269 e. The Morgan fingerprint density at radius 1 is 1.08 bits per heavy atom. The molecule has 0 aliphatic rings. The van der Waals surface area contributed by atoms with Crippen molar-refractivity contribution in [1.29, 1.82) is 0 Å². The number of aromatic nitrogens is 2. The van der Waals surface area contributed by atoms with Crippen LogP contribution in [-0.2, 0) is 10.0 Å². The largest absolute Gasteiger partial charge is 0.304 e. The van der Waals surface area contributed by atoms with Gasteiger partial charge in [0.15, 0.2) is 11.6 Å². The van der Waals surface area contributed by atoms with Gasteiger partial charge in [-0.25, -0.2) is 17.4 Å². The van der Waals surface area contributed by atoms with Gasteiger partial charge in [0.25, 0.3) is 10.0 Å². The van der Waals surface area contributed by atoms with Crippen LogP contribution in [0.15, 0.2) is 41.6 Å². The Morgan fingerprint density at radius 2 is 1.60 bits per heavy atom. The minimum atomic E-state index is -3.75. The van der Waals surface area contributed by atoms with Gasteiger partial charge in [-0.05, 0) is 38.7 Å². The van der Waals surface area contributed by atoms with Crippen LogP contribution in [0.2, 0.25) is 0 Å². The van der Waals surface area contributed by atoms with E-state index < -0.39 is 15.8 Å². The second-order valence-corrected chi connectivity index (χ2v) is 7.36. The van der Waals surface area contributed by atoms with Crippen molar-refractivity contribution in [2.75, 3.05) is 19.6 Å². The second kappa shape index (κ2) is 9.48. The van der Waals surface area contributed by atoms with Gasteiger partial charge in [-0.15, -0.1) is 0 Å². The lowest BCUT2D eigenvalue weighted by molar-refractivity contribution is 0.100. The summed E-state index contributed by atoms with van der Waals surface area (Å²) >= 11 is 0. The molecule has 138 valence electrons. The number of Topliss-reactive ketones (excluding diaryl/α,β-unsaturated/α-hetero) is 1. The number of hydrogen-bond acceptors (Lipinski definition) is 5. The van der Waals surface area contributed by atoms with Crippen LogP contribution in [0.5, 0.6) is 0 Å². The van der Waals surface area contributed by atoms with Crippen LogP contribution in [0.1, 0.15) is 43.9 Å². The van der Waals surface area contributed by atoms with E-state index in [9.17, 15) is 13.2 Å². The van der Waals surface area contributed by atoms with Crippen LogP contribution in [0.25, 0.3) is 0 Å². The normalized spacial score (nSPS) is 11.1. The van der Waals surface area contributed by atoms with E-state index >= 15 is 0 Å². The third-order valence-corrected chi connectivity index (χ3v) is 5.52. The number of nitrogens with zero attached hydrogens (tertiary/aromatic N) is 3. The van der Waals surface area contributed by atoms with Crippen LogP contribution < -0.4 is 0 Å². The predicted octanol–water partition coefficient (Wildman–Crippen LogP) is 2.98. The van der Waals surface area contributed by atoms with Crippen molar-refractivity contribution in [2.45, 2.75) is 39.5 Å². The van der Waals surface area contributed by atoms with Gasteiger partial charge >= 0.3 is 0 Å². The van der Waals surface area contributed by atoms with Gasteiger partial charge in [0.05, 0.1) is 4.90 Å². The van der Waals surface area contributed by atoms with Crippen molar-refractivity contribution >= 4 is 15.8 Å². The maximum absolute atomic E-state index is 12.3. The minimum absolute atomic E-state index is 0.0874. The van der Waals surface area contributed by atoms with Crippen molar-refractivity contribution in [3.63, 3.8) is 0 Å². The van der Waals surface area contributed by atoms with Crippen molar-refractivity contribution in [3.8, 4) is 0 Å². The fourth-order valence-corrected chi connectivity index (χ4v) is 3.55. The standard InChI is InChI=1S/C12H12N2O3S.C6H15N/c1-9-3-5-11(6-4-9)18(16,17)14-8-7-13-12(14)10(2)15;1-4-7(5-2)6-3/h3-8H,1-2H3;4-6H2,1-3H3. The SMILES string of the molecule is CC(=O)c1nccn1S(=O)(=O)c1ccc(C)cc1.CCN(CC)CC. The van der Waals surface area contributed by atoms with E-state index in [-0.39, 0.29) is 10.7 Å². The number of carbonyl (C=O) groups excluding carboxylic acids is 1. The summed E-state index contributed by atoms with van der Waals surface area (Å²) in [6.45, 7) is 13.3. The molecule has 0 unspecified atom stereocenters. The van der Waals surface area contributed by atoms with E-state index in [1.807, 2.05) is 6.92 Å². The topological polar surface area (TPSA) is 72.3 Å². The first-order chi connectivity index (χ1) is 11.8. The molecule has 6 nitrogen and oxygen atoms in total. The zero-order chi connectivity index (χ0) is 19.0. The van der Waals surface area contributed by atoms with E-state index in [0.29, 0.717) is 0 Å². The Balaban J connectivity index is 0.000000381. The highest BCUT2D eigenvalue weighted by atomic mass is 32.2. The molecule has 0 aliphatic heterocycles. The lowest BCUT2D eigenvalue weighted by Crippen LogP contribution is -2.21. The summed E-state index contributed by atoms with van der Waals surface area (Å²) < 4.78 is 25.5. The van der Waals surface area contributed by atoms with Gasteiger partial charge in [-0.2, -0.15) is 0 Å². The number of aryl methyl sites for hydroxylation is 1. The van der Waals surface area contributed by atoms with Gasteiger partial charge in [0, 0.05) is 19.3 Å². The molecule has 0 bridgehead atoms. The molecule has 0 N–H and O–H groups in total. The fraction of sp³-hybridized carbons (Fsp3) is 0.444. The van der Waals surface area contributed by atoms with Gasteiger partial charge in [-0.1, -0.05) is 38.5 Å². The number of hydrogen-bond donors (Lipinski definition) is 0. The quantitative estimate of drug-likeness (QED) is 0.736. The van der Waals surface area contributed by atoms with E-state index in [1.165, 1.54) is 51.1 Å². The van der Waals surface area contributed by atoms with Crippen molar-refractivity contribution in [3.05, 3.63) is 48.0 Å². The molecule has 0 saturated carbocycles. The van der Waals surface area contributed by atoms with Gasteiger partial charge in [-0.3, -0.25) is 4.79 Å². The number of imidazole rings is 1. The average Bonchev–Trinajstić information content (AvgIpc) is 3.08. The summed E-state index contributed by atoms with van der Waals surface area (Å²) in [4.78, 5) is 17.6. The molecule has 7 heteroatoms. The van der Waals surface area contributed by atoms with Crippen LogP contribution >= 0.6 is 0 Å². The summed E-state index contributed by atoms with van der Waals surface area (Å²) in [7, 11) is -3.75. The Bertz CT molecular complexity index is 771. The highest BCUT2D eigenvalue weighted by Gasteiger charge is 2.21. The average molecular weight is 365 g/mol. The van der Waals surface area contributed by atoms with Crippen LogP contribution in [0.4, 0.5) is 0 Å². The molecule has 0 amide bonds. The maximum atomic E-state index is 12.3. The molecule has 1 aromatic carbocycles. The first-order valence-electron chi connectivity index (χ1n) is 8.36. The lowest BCUT2D eigenvalue weighted by atomic mass is 10.2. The molecular formula is C18H27N3O3S. The zero-order valence-electron chi connectivity index (χ0n) is 15.6. The molecular weight excluding hydrogens is 338 g/mol.